The van der Waals surface area contributed by atoms with Crippen LogP contribution in [0.3, 0.4) is 0 Å². The molecule has 0 aromatic heterocycles. The molecule has 0 bridgehead atoms. The predicted octanol–water partition coefficient (Wildman–Crippen LogP) is 2.76. The van der Waals surface area contributed by atoms with Crippen LogP contribution in [-0.2, 0) is 6.42 Å². The molecule has 3 heteroatoms. The van der Waals surface area contributed by atoms with Gasteiger partial charge in [-0.1, -0.05) is 23.7 Å². The van der Waals surface area contributed by atoms with E-state index >= 15 is 0 Å². The summed E-state index contributed by atoms with van der Waals surface area (Å²) < 4.78 is 13.5. The number of nitrogens with two attached hydrogens (primary N) is 1. The number of benzene rings is 1. The van der Waals surface area contributed by atoms with Crippen LogP contribution < -0.4 is 5.73 Å². The van der Waals surface area contributed by atoms with E-state index in [-0.39, 0.29) is 16.9 Å². The molecule has 2 N–H and O–H groups in total. The molecule has 0 amide bonds. The lowest BCUT2D eigenvalue weighted by Gasteiger charge is -2.11. The Morgan fingerprint density at radius 3 is 2.86 bits per heavy atom. The van der Waals surface area contributed by atoms with Crippen LogP contribution in [0.1, 0.15) is 18.4 Å². The Morgan fingerprint density at radius 2 is 2.21 bits per heavy atom. The summed E-state index contributed by atoms with van der Waals surface area (Å²) in [7, 11) is 0. The van der Waals surface area contributed by atoms with Gasteiger partial charge < -0.3 is 5.73 Å². The second kappa shape index (κ2) is 3.87. The lowest BCUT2D eigenvalue weighted by Crippen LogP contribution is -2.25. The Labute approximate surface area is 88.1 Å². The average Bonchev–Trinajstić information content (AvgIpc) is 2.95. The predicted molar refractivity (Wildman–Crippen MR) is 55.8 cm³/mol. The summed E-state index contributed by atoms with van der Waals surface area (Å²) in [5, 5.41) is 0.186. The maximum atomic E-state index is 13.5. The molecule has 1 aliphatic rings. The van der Waals surface area contributed by atoms with Crippen molar-refractivity contribution in [3.05, 3.63) is 34.6 Å². The molecule has 0 spiro atoms. The molecule has 2 rings (SSSR count). The minimum atomic E-state index is -0.315. The van der Waals surface area contributed by atoms with Gasteiger partial charge in [0, 0.05) is 6.04 Å². The molecule has 1 aliphatic carbocycles. The molecule has 0 radical (unpaired) electrons. The molecule has 1 saturated carbocycles. The number of halogens is 2. The lowest BCUT2D eigenvalue weighted by atomic mass is 10.0. The van der Waals surface area contributed by atoms with Crippen molar-refractivity contribution in [2.24, 2.45) is 11.7 Å². The summed E-state index contributed by atoms with van der Waals surface area (Å²) in [6, 6.07) is 5.16. The fourth-order valence-electron chi connectivity index (χ4n) is 1.65. The summed E-state index contributed by atoms with van der Waals surface area (Å²) in [6.07, 6.45) is 2.96. The first-order valence-electron chi connectivity index (χ1n) is 4.87. The van der Waals surface area contributed by atoms with Crippen molar-refractivity contribution in [3.8, 4) is 0 Å². The maximum absolute atomic E-state index is 13.5. The van der Waals surface area contributed by atoms with E-state index in [0.29, 0.717) is 17.9 Å². The van der Waals surface area contributed by atoms with E-state index < -0.39 is 0 Å². The van der Waals surface area contributed by atoms with E-state index in [0.717, 1.165) is 0 Å². The normalized spacial score (nSPS) is 18.2. The van der Waals surface area contributed by atoms with E-state index in [1.807, 2.05) is 0 Å². The summed E-state index contributed by atoms with van der Waals surface area (Å²) in [5.41, 5.74) is 6.56. The topological polar surface area (TPSA) is 26.0 Å². The quantitative estimate of drug-likeness (QED) is 0.821. The summed E-state index contributed by atoms with van der Waals surface area (Å²) >= 11 is 5.68. The van der Waals surface area contributed by atoms with E-state index in [2.05, 4.69) is 0 Å². The summed E-state index contributed by atoms with van der Waals surface area (Å²) in [5.74, 6) is 0.277. The molecular weight excluding hydrogens is 201 g/mol. The first-order chi connectivity index (χ1) is 6.68. The molecule has 0 heterocycles. The van der Waals surface area contributed by atoms with Crippen molar-refractivity contribution in [2.45, 2.75) is 25.3 Å². The lowest BCUT2D eigenvalue weighted by molar-refractivity contribution is 0.555. The number of hydrogen-bond donors (Lipinski definition) is 1. The van der Waals surface area contributed by atoms with Gasteiger partial charge in [-0.15, -0.1) is 0 Å². The molecule has 1 fully saturated rings. The smallest absolute Gasteiger partial charge is 0.145 e. The van der Waals surface area contributed by atoms with Gasteiger partial charge in [0.25, 0.3) is 0 Å². The molecule has 76 valence electrons. The second-order valence-corrected chi connectivity index (χ2v) is 4.33. The fourth-order valence-corrected chi connectivity index (χ4v) is 1.85. The Hall–Kier alpha value is -0.600. The minimum absolute atomic E-state index is 0.0861. The molecule has 14 heavy (non-hydrogen) atoms. The van der Waals surface area contributed by atoms with Crippen LogP contribution in [0.25, 0.3) is 0 Å². The molecule has 1 nitrogen and oxygen atoms in total. The van der Waals surface area contributed by atoms with Crippen molar-refractivity contribution in [1.82, 2.24) is 0 Å². The first kappa shape index (κ1) is 9.94. The Bertz CT molecular complexity index is 336. The van der Waals surface area contributed by atoms with Crippen LogP contribution in [0.15, 0.2) is 18.2 Å². The van der Waals surface area contributed by atoms with Crippen LogP contribution in [0, 0.1) is 11.7 Å². The van der Waals surface area contributed by atoms with Crippen molar-refractivity contribution >= 4 is 11.6 Å². The third-order valence-electron chi connectivity index (χ3n) is 2.71. The summed E-state index contributed by atoms with van der Waals surface area (Å²) in [6.45, 7) is 0. The fraction of sp³-hybridized carbons (Fsp3) is 0.455. The highest BCUT2D eigenvalue weighted by Crippen LogP contribution is 2.33. The molecule has 1 unspecified atom stereocenters. The van der Waals surface area contributed by atoms with E-state index in [9.17, 15) is 4.39 Å². The Kier molecular flexibility index (Phi) is 2.75. The summed E-state index contributed by atoms with van der Waals surface area (Å²) in [4.78, 5) is 0. The van der Waals surface area contributed by atoms with Gasteiger partial charge in [0.15, 0.2) is 0 Å². The third-order valence-corrected chi connectivity index (χ3v) is 3.01. The highest BCUT2D eigenvalue weighted by atomic mass is 35.5. The SMILES string of the molecule is NC(Cc1cccc(Cl)c1F)C1CC1. The van der Waals surface area contributed by atoms with Gasteiger partial charge in [-0.3, -0.25) is 0 Å². The zero-order valence-corrected chi connectivity index (χ0v) is 8.60. The average molecular weight is 214 g/mol. The van der Waals surface area contributed by atoms with E-state index in [1.165, 1.54) is 12.8 Å². The van der Waals surface area contributed by atoms with E-state index in [1.54, 1.807) is 18.2 Å². The standard InChI is InChI=1S/C11H13ClFN/c12-9-3-1-2-8(11(9)13)6-10(14)7-4-5-7/h1-3,7,10H,4-6,14H2. The number of rotatable bonds is 3. The zero-order chi connectivity index (χ0) is 10.1. The van der Waals surface area contributed by atoms with Crippen molar-refractivity contribution in [2.75, 3.05) is 0 Å². The van der Waals surface area contributed by atoms with Gasteiger partial charge in [0.1, 0.15) is 5.82 Å². The third kappa shape index (κ3) is 2.07. The van der Waals surface area contributed by atoms with Crippen LogP contribution >= 0.6 is 11.6 Å². The number of hydrogen-bond acceptors (Lipinski definition) is 1. The molecule has 1 aromatic carbocycles. The maximum Gasteiger partial charge on any atom is 0.145 e. The van der Waals surface area contributed by atoms with Gasteiger partial charge in [-0.2, -0.15) is 0 Å². The minimum Gasteiger partial charge on any atom is -0.327 e. The van der Waals surface area contributed by atoms with Gasteiger partial charge in [-0.25, -0.2) is 4.39 Å². The molecular formula is C11H13ClFN. The van der Waals surface area contributed by atoms with Gasteiger partial charge in [0.2, 0.25) is 0 Å². The van der Waals surface area contributed by atoms with Crippen LogP contribution in [0.4, 0.5) is 4.39 Å². The second-order valence-electron chi connectivity index (χ2n) is 3.92. The molecule has 0 aliphatic heterocycles. The van der Waals surface area contributed by atoms with Gasteiger partial charge in [0.05, 0.1) is 5.02 Å². The van der Waals surface area contributed by atoms with E-state index in [4.69, 9.17) is 17.3 Å². The monoisotopic (exact) mass is 213 g/mol. The highest BCUT2D eigenvalue weighted by molar-refractivity contribution is 6.30. The van der Waals surface area contributed by atoms with Gasteiger partial charge >= 0.3 is 0 Å². The van der Waals surface area contributed by atoms with Crippen LogP contribution in [-0.4, -0.2) is 6.04 Å². The molecule has 0 saturated heterocycles. The molecule has 1 aromatic rings. The van der Waals surface area contributed by atoms with Gasteiger partial charge in [-0.05, 0) is 36.8 Å². The van der Waals surface area contributed by atoms with Crippen LogP contribution in [0.5, 0.6) is 0 Å². The van der Waals surface area contributed by atoms with Crippen LogP contribution in [0.2, 0.25) is 5.02 Å². The van der Waals surface area contributed by atoms with Crippen molar-refractivity contribution in [3.63, 3.8) is 0 Å². The highest BCUT2D eigenvalue weighted by Gasteiger charge is 2.29. The Morgan fingerprint density at radius 1 is 1.50 bits per heavy atom. The zero-order valence-electron chi connectivity index (χ0n) is 7.84. The largest absolute Gasteiger partial charge is 0.327 e. The van der Waals surface area contributed by atoms with Crippen molar-refractivity contribution < 1.29 is 4.39 Å². The first-order valence-corrected chi connectivity index (χ1v) is 5.24. The Balaban J connectivity index is 2.11. The molecule has 1 atom stereocenters. The van der Waals surface area contributed by atoms with Crippen molar-refractivity contribution in [1.29, 1.82) is 0 Å².